The quantitative estimate of drug-likeness (QED) is 0.255. The molecule has 3 heterocycles. The molecule has 3 aromatic heterocycles. The van der Waals surface area contributed by atoms with Crippen LogP contribution in [0.4, 0.5) is 10.9 Å². The number of ether oxygens (including phenoxy) is 3. The van der Waals surface area contributed by atoms with Gasteiger partial charge in [-0.2, -0.15) is 15.0 Å². The van der Waals surface area contributed by atoms with Crippen molar-refractivity contribution in [2.24, 2.45) is 0 Å². The van der Waals surface area contributed by atoms with Crippen molar-refractivity contribution in [2.75, 3.05) is 38.1 Å². The van der Waals surface area contributed by atoms with Crippen LogP contribution < -0.4 is 21.0 Å². The second-order valence-electron chi connectivity index (χ2n) is 8.02. The van der Waals surface area contributed by atoms with Gasteiger partial charge in [0.2, 0.25) is 21.9 Å². The van der Waals surface area contributed by atoms with E-state index in [9.17, 15) is 19.6 Å². The van der Waals surface area contributed by atoms with Crippen molar-refractivity contribution in [3.63, 3.8) is 0 Å². The van der Waals surface area contributed by atoms with Crippen LogP contribution in [0.5, 0.6) is 5.75 Å². The Bertz CT molecular complexity index is 1640. The molecule has 1 aromatic carbocycles. The Kier molecular flexibility index (Phi) is 8.96. The Hall–Kier alpha value is -4.91. The summed E-state index contributed by atoms with van der Waals surface area (Å²) >= 11 is 0.969. The maximum atomic E-state index is 13.2. The summed E-state index contributed by atoms with van der Waals surface area (Å²) in [6.07, 6.45) is 1.47. The van der Waals surface area contributed by atoms with Gasteiger partial charge in [0.25, 0.3) is 5.91 Å². The largest absolute Gasteiger partial charge is 0.484 e. The summed E-state index contributed by atoms with van der Waals surface area (Å²) in [5.74, 6) is -1.27. The molecule has 2 N–H and O–H groups in total. The number of nitriles is 1. The Morgan fingerprint density at radius 2 is 1.98 bits per heavy atom. The molecule has 0 aliphatic carbocycles. The number of methoxy groups -OCH3 is 2. The number of carbonyl (C=O) groups is 2. The van der Waals surface area contributed by atoms with Crippen molar-refractivity contribution in [3.05, 3.63) is 63.8 Å². The number of nitrogens with one attached hydrogen (secondary N) is 2. The minimum Gasteiger partial charge on any atom is -0.484 e. The first kappa shape index (κ1) is 28.1. The summed E-state index contributed by atoms with van der Waals surface area (Å²) in [5, 5.41) is 27.3. The zero-order valence-electron chi connectivity index (χ0n) is 21.6. The van der Waals surface area contributed by atoms with E-state index >= 15 is 0 Å². The first-order valence-corrected chi connectivity index (χ1v) is 12.5. The number of nitrogens with zero attached hydrogens (tertiary/aromatic N) is 5. The molecule has 206 valence electrons. The van der Waals surface area contributed by atoms with Crippen molar-refractivity contribution in [3.8, 4) is 28.1 Å². The normalized spacial score (nSPS) is 10.7. The van der Waals surface area contributed by atoms with E-state index in [1.54, 1.807) is 24.3 Å². The number of carbonyl (C=O) groups excluding carboxylic acids is 2. The fraction of sp³-hybridized carbons (Fsp3) is 0.240. The molecule has 40 heavy (non-hydrogen) atoms. The number of rotatable bonds is 11. The Balaban J connectivity index is 1.71. The molecule has 2 amide bonds. The van der Waals surface area contributed by atoms with Crippen LogP contribution >= 0.6 is 11.3 Å². The van der Waals surface area contributed by atoms with Gasteiger partial charge in [-0.15, -0.1) is 10.2 Å². The number of anilines is 2. The van der Waals surface area contributed by atoms with Crippen LogP contribution in [0.2, 0.25) is 0 Å². The maximum Gasteiger partial charge on any atom is 0.379 e. The third kappa shape index (κ3) is 6.21. The van der Waals surface area contributed by atoms with E-state index in [0.29, 0.717) is 16.9 Å². The molecule has 4 aromatic rings. The monoisotopic (exact) mass is 565 g/mol. The van der Waals surface area contributed by atoms with Crippen LogP contribution in [-0.2, 0) is 20.9 Å². The van der Waals surface area contributed by atoms with E-state index in [2.05, 4.69) is 32.0 Å². The van der Waals surface area contributed by atoms with Crippen LogP contribution in [0.15, 0.2) is 45.7 Å². The molecule has 0 saturated heterocycles. The summed E-state index contributed by atoms with van der Waals surface area (Å²) in [6, 6.07) is 10.00. The van der Waals surface area contributed by atoms with Crippen LogP contribution in [0, 0.1) is 11.3 Å². The van der Waals surface area contributed by atoms with E-state index in [-0.39, 0.29) is 58.6 Å². The molecule has 0 unspecified atom stereocenters. The molecule has 15 heteroatoms. The van der Waals surface area contributed by atoms with E-state index in [0.717, 1.165) is 11.3 Å². The number of amides is 2. The molecule has 0 spiro atoms. The standard InChI is InChI=1S/C25H23N7O7S/c1-14(33)28-19-7-8-27-32(19)25-31-30-24(40-25)29-22(34)18-11-17(21(23(35)39-18)38-10-9-36-2)20-15(12-26)5-4-6-16(20)13-37-3/h4-8,11H,9-10,13H2,1-3H3,(H,28,33)(H,29,30,34). The molecule has 14 nitrogen and oxygen atoms in total. The van der Waals surface area contributed by atoms with Gasteiger partial charge >= 0.3 is 5.63 Å². The van der Waals surface area contributed by atoms with Gasteiger partial charge in [-0.25, -0.2) is 4.79 Å². The first-order valence-electron chi connectivity index (χ1n) is 11.6. The molecule has 0 atom stereocenters. The maximum absolute atomic E-state index is 13.2. The molecule has 0 radical (unpaired) electrons. The molecule has 0 aliphatic heterocycles. The minimum atomic E-state index is -0.927. The first-order chi connectivity index (χ1) is 19.4. The molecule has 0 saturated carbocycles. The summed E-state index contributed by atoms with van der Waals surface area (Å²) in [6.45, 7) is 1.69. The second kappa shape index (κ2) is 12.8. The molecular formula is C25H23N7O7S. The van der Waals surface area contributed by atoms with Crippen LogP contribution in [0.1, 0.15) is 28.6 Å². The van der Waals surface area contributed by atoms with E-state index in [1.807, 2.05) is 0 Å². The third-order valence-corrected chi connectivity index (χ3v) is 6.08. The SMILES string of the molecule is COCCOc1c(-c2c(C#N)cccc2COC)cc(C(=O)Nc2nnc(-n3nccc3NC(C)=O)s2)oc1=O. The molecule has 0 aliphatic rings. The second-order valence-corrected chi connectivity index (χ2v) is 8.98. The molecule has 0 fully saturated rings. The number of hydrogen-bond acceptors (Lipinski definition) is 12. The number of benzene rings is 1. The van der Waals surface area contributed by atoms with Crippen LogP contribution in [0.25, 0.3) is 16.3 Å². The Morgan fingerprint density at radius 1 is 1.15 bits per heavy atom. The predicted molar refractivity (Wildman–Crippen MR) is 143 cm³/mol. The van der Waals surface area contributed by atoms with E-state index < -0.39 is 11.5 Å². The summed E-state index contributed by atoms with van der Waals surface area (Å²) in [5.41, 5.74) is 0.452. The highest BCUT2D eigenvalue weighted by Gasteiger charge is 2.24. The highest BCUT2D eigenvalue weighted by Crippen LogP contribution is 2.34. The van der Waals surface area contributed by atoms with Crippen LogP contribution in [0.3, 0.4) is 0 Å². The predicted octanol–water partition coefficient (Wildman–Crippen LogP) is 2.60. The summed E-state index contributed by atoms with van der Waals surface area (Å²) < 4.78 is 22.6. The Morgan fingerprint density at radius 3 is 2.70 bits per heavy atom. The van der Waals surface area contributed by atoms with Gasteiger partial charge in [-0.1, -0.05) is 23.5 Å². The van der Waals surface area contributed by atoms with E-state index in [1.165, 1.54) is 38.1 Å². The van der Waals surface area contributed by atoms with Crippen LogP contribution in [-0.4, -0.2) is 59.2 Å². The smallest absolute Gasteiger partial charge is 0.379 e. The molecule has 0 bridgehead atoms. The van der Waals surface area contributed by atoms with Gasteiger partial charge in [0, 0.05) is 38.3 Å². The summed E-state index contributed by atoms with van der Waals surface area (Å²) in [4.78, 5) is 37.6. The fourth-order valence-electron chi connectivity index (χ4n) is 3.67. The zero-order valence-corrected chi connectivity index (χ0v) is 22.4. The minimum absolute atomic E-state index is 0.0234. The van der Waals surface area contributed by atoms with E-state index in [4.69, 9.17) is 18.6 Å². The number of hydrogen-bond donors (Lipinski definition) is 2. The van der Waals surface area contributed by atoms with Crippen molar-refractivity contribution in [1.82, 2.24) is 20.0 Å². The highest BCUT2D eigenvalue weighted by molar-refractivity contribution is 7.17. The van der Waals surface area contributed by atoms with Crippen molar-refractivity contribution in [2.45, 2.75) is 13.5 Å². The van der Waals surface area contributed by atoms with Gasteiger partial charge in [-0.3, -0.25) is 14.9 Å². The Labute approximate surface area is 231 Å². The third-order valence-electron chi connectivity index (χ3n) is 5.27. The van der Waals surface area contributed by atoms with Gasteiger partial charge in [0.1, 0.15) is 12.4 Å². The van der Waals surface area contributed by atoms with Gasteiger partial charge in [-0.05, 0) is 17.7 Å². The van der Waals surface area contributed by atoms with Gasteiger partial charge < -0.3 is 23.9 Å². The van der Waals surface area contributed by atoms with Crippen molar-refractivity contribution >= 4 is 34.1 Å². The molecule has 4 rings (SSSR count). The zero-order chi connectivity index (χ0) is 28.6. The lowest BCUT2D eigenvalue weighted by molar-refractivity contribution is -0.114. The topological polar surface area (TPSA) is 183 Å². The summed E-state index contributed by atoms with van der Waals surface area (Å²) in [7, 11) is 2.98. The van der Waals surface area contributed by atoms with Crippen molar-refractivity contribution < 1.29 is 28.2 Å². The van der Waals surface area contributed by atoms with Crippen molar-refractivity contribution in [1.29, 1.82) is 5.26 Å². The van der Waals surface area contributed by atoms with Gasteiger partial charge in [0.05, 0.1) is 31.0 Å². The average Bonchev–Trinajstić information content (AvgIpc) is 3.58. The fourth-order valence-corrected chi connectivity index (χ4v) is 4.38. The highest BCUT2D eigenvalue weighted by atomic mass is 32.1. The number of aromatic nitrogens is 4. The lowest BCUT2D eigenvalue weighted by Gasteiger charge is -2.15. The average molecular weight is 566 g/mol. The lowest BCUT2D eigenvalue weighted by atomic mass is 9.94. The molecular weight excluding hydrogens is 542 g/mol. The lowest BCUT2D eigenvalue weighted by Crippen LogP contribution is -2.18. The van der Waals surface area contributed by atoms with Gasteiger partial charge in [0.15, 0.2) is 5.76 Å².